The van der Waals surface area contributed by atoms with Gasteiger partial charge in [-0.05, 0) is 43.6 Å². The summed E-state index contributed by atoms with van der Waals surface area (Å²) >= 11 is 0. The van der Waals surface area contributed by atoms with Crippen molar-refractivity contribution < 1.29 is 8.78 Å². The van der Waals surface area contributed by atoms with E-state index in [9.17, 15) is 8.78 Å². The van der Waals surface area contributed by atoms with Crippen molar-refractivity contribution >= 4 is 0 Å². The highest BCUT2D eigenvalue weighted by molar-refractivity contribution is 4.88. The van der Waals surface area contributed by atoms with Crippen molar-refractivity contribution in [1.82, 2.24) is 5.32 Å². The minimum absolute atomic E-state index is 0.0765. The molecule has 3 atom stereocenters. The highest BCUT2D eigenvalue weighted by Crippen LogP contribution is 2.40. The molecule has 0 aliphatic heterocycles. The third kappa shape index (κ3) is 4.83. The first-order chi connectivity index (χ1) is 8.35. The average Bonchev–Trinajstić information content (AvgIpc) is 2.23. The summed E-state index contributed by atoms with van der Waals surface area (Å²) in [4.78, 5) is 0. The summed E-state index contributed by atoms with van der Waals surface area (Å²) in [5.41, 5.74) is 0. The van der Waals surface area contributed by atoms with Crippen LogP contribution >= 0.6 is 0 Å². The second-order valence-electron chi connectivity index (χ2n) is 6.40. The molecule has 0 spiro atoms. The first-order valence-corrected chi connectivity index (χ1v) is 7.47. The summed E-state index contributed by atoms with van der Waals surface area (Å²) in [7, 11) is 0. The highest BCUT2D eigenvalue weighted by Gasteiger charge is 2.40. The van der Waals surface area contributed by atoms with Gasteiger partial charge in [-0.3, -0.25) is 0 Å². The van der Waals surface area contributed by atoms with Gasteiger partial charge in [0, 0.05) is 18.9 Å². The van der Waals surface area contributed by atoms with E-state index < -0.39 is 5.92 Å². The second kappa shape index (κ2) is 6.83. The van der Waals surface area contributed by atoms with Crippen molar-refractivity contribution in [3.63, 3.8) is 0 Å². The average molecular weight is 261 g/mol. The quantitative estimate of drug-likeness (QED) is 0.743. The van der Waals surface area contributed by atoms with Crippen molar-refractivity contribution in [1.29, 1.82) is 0 Å². The predicted octanol–water partition coefficient (Wildman–Crippen LogP) is 4.47. The van der Waals surface area contributed by atoms with E-state index in [1.807, 2.05) is 0 Å². The fourth-order valence-electron chi connectivity index (χ4n) is 3.48. The number of rotatable bonds is 6. The third-order valence-corrected chi connectivity index (χ3v) is 4.08. The zero-order valence-electron chi connectivity index (χ0n) is 12.3. The number of alkyl halides is 2. The molecular formula is C15H29F2N. The molecule has 0 aromatic rings. The molecule has 1 N–H and O–H groups in total. The van der Waals surface area contributed by atoms with Gasteiger partial charge in [-0.1, -0.05) is 27.7 Å². The van der Waals surface area contributed by atoms with E-state index in [4.69, 9.17) is 0 Å². The highest BCUT2D eigenvalue weighted by atomic mass is 19.3. The monoisotopic (exact) mass is 261 g/mol. The fraction of sp³-hybridized carbons (Fsp3) is 1.00. The molecule has 0 saturated heterocycles. The molecule has 0 bridgehead atoms. The Morgan fingerprint density at radius 3 is 2.44 bits per heavy atom. The van der Waals surface area contributed by atoms with Gasteiger partial charge in [0.25, 0.3) is 0 Å². The Morgan fingerprint density at radius 1 is 1.28 bits per heavy atom. The molecule has 0 amide bonds. The van der Waals surface area contributed by atoms with E-state index in [0.29, 0.717) is 18.3 Å². The molecular weight excluding hydrogens is 232 g/mol. The van der Waals surface area contributed by atoms with E-state index in [0.717, 1.165) is 19.4 Å². The SMILES string of the molecule is CCNC(C(C)CC(C)C)C1CCCC(F)(F)C1. The maximum absolute atomic E-state index is 13.6. The lowest BCUT2D eigenvalue weighted by Crippen LogP contribution is -2.45. The summed E-state index contributed by atoms with van der Waals surface area (Å²) in [5, 5.41) is 3.46. The largest absolute Gasteiger partial charge is 0.314 e. The summed E-state index contributed by atoms with van der Waals surface area (Å²) in [6.07, 6.45) is 2.90. The van der Waals surface area contributed by atoms with E-state index in [2.05, 4.69) is 33.0 Å². The normalized spacial score (nSPS) is 27.2. The second-order valence-corrected chi connectivity index (χ2v) is 6.40. The Morgan fingerprint density at radius 2 is 1.94 bits per heavy atom. The molecule has 0 radical (unpaired) electrons. The van der Waals surface area contributed by atoms with Crippen molar-refractivity contribution in [2.75, 3.05) is 6.54 Å². The Hall–Kier alpha value is -0.180. The molecule has 1 rings (SSSR count). The van der Waals surface area contributed by atoms with E-state index >= 15 is 0 Å². The van der Waals surface area contributed by atoms with Crippen molar-refractivity contribution in [3.8, 4) is 0 Å². The van der Waals surface area contributed by atoms with E-state index in [1.165, 1.54) is 0 Å². The zero-order chi connectivity index (χ0) is 13.8. The number of nitrogens with one attached hydrogen (secondary N) is 1. The molecule has 1 aliphatic carbocycles. The molecule has 1 fully saturated rings. The molecule has 1 saturated carbocycles. The molecule has 0 heterocycles. The minimum atomic E-state index is -2.44. The van der Waals surface area contributed by atoms with Gasteiger partial charge >= 0.3 is 0 Å². The van der Waals surface area contributed by atoms with Crippen molar-refractivity contribution in [3.05, 3.63) is 0 Å². The smallest absolute Gasteiger partial charge is 0.248 e. The lowest BCUT2D eigenvalue weighted by Gasteiger charge is -2.38. The van der Waals surface area contributed by atoms with Crippen LogP contribution in [0.3, 0.4) is 0 Å². The lowest BCUT2D eigenvalue weighted by molar-refractivity contribution is -0.0615. The van der Waals surface area contributed by atoms with Gasteiger partial charge in [-0.25, -0.2) is 8.78 Å². The zero-order valence-corrected chi connectivity index (χ0v) is 12.3. The van der Waals surface area contributed by atoms with Crippen LogP contribution in [0.4, 0.5) is 8.78 Å². The molecule has 1 aliphatic rings. The van der Waals surface area contributed by atoms with Crippen LogP contribution in [-0.2, 0) is 0 Å². The summed E-state index contributed by atoms with van der Waals surface area (Å²) in [6, 6.07) is 0.253. The first kappa shape index (κ1) is 15.9. The van der Waals surface area contributed by atoms with Gasteiger partial charge in [0.2, 0.25) is 5.92 Å². The molecule has 108 valence electrons. The van der Waals surface area contributed by atoms with Crippen molar-refractivity contribution in [2.45, 2.75) is 71.8 Å². The van der Waals surface area contributed by atoms with Gasteiger partial charge in [0.1, 0.15) is 0 Å². The van der Waals surface area contributed by atoms with E-state index in [1.54, 1.807) is 0 Å². The van der Waals surface area contributed by atoms with Crippen LogP contribution in [0.2, 0.25) is 0 Å². The van der Waals surface area contributed by atoms with Gasteiger partial charge < -0.3 is 5.32 Å². The number of hydrogen-bond donors (Lipinski definition) is 1. The van der Waals surface area contributed by atoms with Gasteiger partial charge in [0.05, 0.1) is 0 Å². The predicted molar refractivity (Wildman–Crippen MR) is 73.0 cm³/mol. The van der Waals surface area contributed by atoms with Gasteiger partial charge in [-0.15, -0.1) is 0 Å². The van der Waals surface area contributed by atoms with Crippen LogP contribution < -0.4 is 5.32 Å². The maximum Gasteiger partial charge on any atom is 0.248 e. The van der Waals surface area contributed by atoms with Crippen LogP contribution in [0, 0.1) is 17.8 Å². The molecule has 3 heteroatoms. The molecule has 0 aromatic heterocycles. The van der Waals surface area contributed by atoms with Crippen LogP contribution in [0.25, 0.3) is 0 Å². The first-order valence-electron chi connectivity index (χ1n) is 7.47. The van der Waals surface area contributed by atoms with Gasteiger partial charge in [0.15, 0.2) is 0 Å². The Bertz CT molecular complexity index is 241. The summed E-state index contributed by atoms with van der Waals surface area (Å²) < 4.78 is 27.1. The Balaban J connectivity index is 2.65. The van der Waals surface area contributed by atoms with Gasteiger partial charge in [-0.2, -0.15) is 0 Å². The number of hydrogen-bond acceptors (Lipinski definition) is 1. The Labute approximate surface area is 111 Å². The van der Waals surface area contributed by atoms with Crippen LogP contribution in [0.15, 0.2) is 0 Å². The summed E-state index contributed by atoms with van der Waals surface area (Å²) in [5.74, 6) is -1.19. The third-order valence-electron chi connectivity index (χ3n) is 4.08. The molecule has 18 heavy (non-hydrogen) atoms. The minimum Gasteiger partial charge on any atom is -0.314 e. The number of halogens is 2. The topological polar surface area (TPSA) is 12.0 Å². The molecule has 3 unspecified atom stereocenters. The fourth-order valence-corrected chi connectivity index (χ4v) is 3.48. The molecule has 1 nitrogen and oxygen atoms in total. The standard InChI is InChI=1S/C15H29F2N/c1-5-18-14(12(4)9-11(2)3)13-7-6-8-15(16,17)10-13/h11-14,18H,5-10H2,1-4H3. The Kier molecular flexibility index (Phi) is 6.03. The van der Waals surface area contributed by atoms with Crippen LogP contribution in [0.1, 0.15) is 59.8 Å². The molecule has 0 aromatic carbocycles. The van der Waals surface area contributed by atoms with E-state index in [-0.39, 0.29) is 24.8 Å². The van der Waals surface area contributed by atoms with Crippen molar-refractivity contribution in [2.24, 2.45) is 17.8 Å². The summed E-state index contributed by atoms with van der Waals surface area (Å²) in [6.45, 7) is 9.55. The lowest BCUT2D eigenvalue weighted by atomic mass is 9.76. The van der Waals surface area contributed by atoms with Crippen LogP contribution in [-0.4, -0.2) is 18.5 Å². The van der Waals surface area contributed by atoms with Crippen LogP contribution in [0.5, 0.6) is 0 Å². The maximum atomic E-state index is 13.6.